The van der Waals surface area contributed by atoms with E-state index >= 15 is 0 Å². The monoisotopic (exact) mass is 469 g/mol. The molecule has 1 aliphatic rings. The third-order valence-corrected chi connectivity index (χ3v) is 8.17. The van der Waals surface area contributed by atoms with Gasteiger partial charge < -0.3 is 9.30 Å². The van der Waals surface area contributed by atoms with E-state index in [0.717, 1.165) is 28.8 Å². The molecule has 1 aliphatic heterocycles. The molecule has 166 valence electrons. The number of sulfonamides is 1. The number of hydrogen-bond acceptors (Lipinski definition) is 5. The van der Waals surface area contributed by atoms with Gasteiger partial charge >= 0.3 is 0 Å². The normalized spacial score (nSPS) is 15.2. The number of nitrogens with zero attached hydrogens (tertiary/aromatic N) is 3. The molecule has 0 spiro atoms. The van der Waals surface area contributed by atoms with Crippen LogP contribution in [0.25, 0.3) is 10.2 Å². The zero-order chi connectivity index (χ0) is 22.7. The van der Waals surface area contributed by atoms with Gasteiger partial charge in [-0.15, -0.1) is 6.42 Å². The predicted octanol–water partition coefficient (Wildman–Crippen LogP) is 3.26. The number of fused-ring (bicyclic) bond motifs is 1. The Morgan fingerprint density at radius 3 is 2.56 bits per heavy atom. The van der Waals surface area contributed by atoms with Crippen LogP contribution in [0.15, 0.2) is 52.4 Å². The van der Waals surface area contributed by atoms with Crippen molar-refractivity contribution in [2.24, 2.45) is 4.99 Å². The van der Waals surface area contributed by atoms with Crippen molar-refractivity contribution in [2.75, 3.05) is 19.7 Å². The molecule has 0 unspecified atom stereocenters. The van der Waals surface area contributed by atoms with E-state index in [1.165, 1.54) is 39.9 Å². The molecule has 0 bridgehead atoms. The highest BCUT2D eigenvalue weighted by atomic mass is 32.2. The highest BCUT2D eigenvalue weighted by Gasteiger charge is 2.27. The minimum atomic E-state index is -3.52. The van der Waals surface area contributed by atoms with E-state index in [-0.39, 0.29) is 11.4 Å². The van der Waals surface area contributed by atoms with Crippen molar-refractivity contribution in [3.05, 3.63) is 52.8 Å². The number of carbonyl (C=O) groups is 1. The largest absolute Gasteiger partial charge is 0.494 e. The van der Waals surface area contributed by atoms with Crippen LogP contribution in [-0.2, 0) is 16.6 Å². The first-order valence-corrected chi connectivity index (χ1v) is 12.6. The van der Waals surface area contributed by atoms with Crippen LogP contribution in [0.5, 0.6) is 5.75 Å². The van der Waals surface area contributed by atoms with Gasteiger partial charge in [-0.25, -0.2) is 8.42 Å². The molecule has 0 atom stereocenters. The molecule has 0 radical (unpaired) electrons. The van der Waals surface area contributed by atoms with Crippen molar-refractivity contribution >= 4 is 37.5 Å². The maximum absolute atomic E-state index is 12.8. The summed E-state index contributed by atoms with van der Waals surface area (Å²) in [6.45, 7) is 3.81. The maximum Gasteiger partial charge on any atom is 0.279 e. The van der Waals surface area contributed by atoms with Gasteiger partial charge in [0.05, 0.1) is 28.3 Å². The van der Waals surface area contributed by atoms with Gasteiger partial charge in [-0.2, -0.15) is 9.30 Å². The maximum atomic E-state index is 12.8. The van der Waals surface area contributed by atoms with Crippen LogP contribution in [0.1, 0.15) is 30.1 Å². The Bertz CT molecular complexity index is 1360. The second-order valence-corrected chi connectivity index (χ2v) is 10.2. The standard InChI is InChI=1S/C23H23N3O4S2/c1-3-13-26-20-12-9-18(30-4-2)16-21(20)31-23(26)24-22(27)17-7-10-19(11-8-17)32(28,29)25-14-5-6-15-25/h1,7-12,16H,4-6,13-15H2,2H3. The number of carbonyl (C=O) groups excluding carboxylic acids is 1. The van der Waals surface area contributed by atoms with Gasteiger partial charge in [0.1, 0.15) is 5.75 Å². The number of thiazole rings is 1. The minimum absolute atomic E-state index is 0.184. The average Bonchev–Trinajstić information content (AvgIpc) is 3.44. The second kappa shape index (κ2) is 9.28. The topological polar surface area (TPSA) is 81.0 Å². The molecule has 1 saturated heterocycles. The third-order valence-electron chi connectivity index (χ3n) is 5.22. The number of ether oxygens (including phenoxy) is 1. The summed E-state index contributed by atoms with van der Waals surface area (Å²) in [5.74, 6) is 2.88. The van der Waals surface area contributed by atoms with Crippen LogP contribution in [0.4, 0.5) is 0 Å². The fraction of sp³-hybridized carbons (Fsp3) is 0.304. The average molecular weight is 470 g/mol. The van der Waals surface area contributed by atoms with Crippen molar-refractivity contribution in [2.45, 2.75) is 31.2 Å². The lowest BCUT2D eigenvalue weighted by Gasteiger charge is -2.15. The summed E-state index contributed by atoms with van der Waals surface area (Å²) < 4.78 is 35.1. The van der Waals surface area contributed by atoms with Gasteiger partial charge in [0, 0.05) is 18.7 Å². The molecule has 4 rings (SSSR count). The summed E-state index contributed by atoms with van der Waals surface area (Å²) in [4.78, 5) is 17.8. The zero-order valence-corrected chi connectivity index (χ0v) is 19.3. The van der Waals surface area contributed by atoms with Crippen LogP contribution in [-0.4, -0.2) is 42.9 Å². The van der Waals surface area contributed by atoms with Gasteiger partial charge in [0.15, 0.2) is 4.80 Å². The smallest absolute Gasteiger partial charge is 0.279 e. The number of hydrogen-bond donors (Lipinski definition) is 0. The predicted molar refractivity (Wildman–Crippen MR) is 124 cm³/mol. The van der Waals surface area contributed by atoms with Crippen LogP contribution in [0.2, 0.25) is 0 Å². The van der Waals surface area contributed by atoms with E-state index in [2.05, 4.69) is 10.9 Å². The molecule has 0 aliphatic carbocycles. The SMILES string of the molecule is C#CCn1c(=NC(=O)c2ccc(S(=O)(=O)N3CCCC3)cc2)sc2cc(OCC)ccc21. The Morgan fingerprint density at radius 1 is 1.19 bits per heavy atom. The van der Waals surface area contributed by atoms with E-state index in [1.807, 2.05) is 25.1 Å². The van der Waals surface area contributed by atoms with Gasteiger partial charge in [-0.1, -0.05) is 17.3 Å². The van der Waals surface area contributed by atoms with Crippen molar-refractivity contribution in [1.82, 2.24) is 8.87 Å². The number of rotatable bonds is 6. The Morgan fingerprint density at radius 2 is 1.91 bits per heavy atom. The molecule has 2 aromatic carbocycles. The number of benzene rings is 2. The first-order chi connectivity index (χ1) is 15.4. The number of amides is 1. The summed E-state index contributed by atoms with van der Waals surface area (Å²) in [7, 11) is -3.52. The first-order valence-electron chi connectivity index (χ1n) is 10.3. The number of aromatic nitrogens is 1. The summed E-state index contributed by atoms with van der Waals surface area (Å²) in [5, 5.41) is 0. The van der Waals surface area contributed by atoms with Crippen molar-refractivity contribution in [3.63, 3.8) is 0 Å². The molecule has 7 nitrogen and oxygen atoms in total. The van der Waals surface area contributed by atoms with E-state index in [9.17, 15) is 13.2 Å². The van der Waals surface area contributed by atoms with Gasteiger partial charge in [0.2, 0.25) is 10.0 Å². The van der Waals surface area contributed by atoms with Crippen molar-refractivity contribution in [3.8, 4) is 18.1 Å². The molecular formula is C23H23N3O4S2. The number of terminal acetylenes is 1. The minimum Gasteiger partial charge on any atom is -0.494 e. The lowest BCUT2D eigenvalue weighted by atomic mass is 10.2. The summed E-state index contributed by atoms with van der Waals surface area (Å²) >= 11 is 1.35. The van der Waals surface area contributed by atoms with E-state index in [4.69, 9.17) is 11.2 Å². The zero-order valence-electron chi connectivity index (χ0n) is 17.7. The van der Waals surface area contributed by atoms with Gasteiger partial charge in [-0.3, -0.25) is 4.79 Å². The molecule has 3 aromatic rings. The Balaban J connectivity index is 1.67. The van der Waals surface area contributed by atoms with Crippen molar-refractivity contribution < 1.29 is 17.9 Å². The summed E-state index contributed by atoms with van der Waals surface area (Å²) in [6, 6.07) is 11.6. The molecule has 1 fully saturated rings. The van der Waals surface area contributed by atoms with E-state index in [0.29, 0.717) is 30.1 Å². The first kappa shape index (κ1) is 22.3. The molecule has 9 heteroatoms. The van der Waals surface area contributed by atoms with Crippen LogP contribution < -0.4 is 9.54 Å². The highest BCUT2D eigenvalue weighted by Crippen LogP contribution is 2.24. The Labute approximate surface area is 191 Å². The molecule has 1 aromatic heterocycles. The molecule has 0 N–H and O–H groups in total. The third kappa shape index (κ3) is 4.35. The molecular weight excluding hydrogens is 446 g/mol. The van der Waals surface area contributed by atoms with Crippen LogP contribution >= 0.6 is 11.3 Å². The summed E-state index contributed by atoms with van der Waals surface area (Å²) in [5.41, 5.74) is 1.18. The van der Waals surface area contributed by atoms with E-state index < -0.39 is 15.9 Å². The molecule has 32 heavy (non-hydrogen) atoms. The van der Waals surface area contributed by atoms with Gasteiger partial charge in [-0.05, 0) is 62.2 Å². The quantitative estimate of drug-likeness (QED) is 0.519. The summed E-state index contributed by atoms with van der Waals surface area (Å²) in [6.07, 6.45) is 7.27. The fourth-order valence-corrected chi connectivity index (χ4v) is 6.21. The Hall–Kier alpha value is -2.93. The van der Waals surface area contributed by atoms with Crippen LogP contribution in [0.3, 0.4) is 0 Å². The fourth-order valence-electron chi connectivity index (χ4n) is 3.64. The van der Waals surface area contributed by atoms with Crippen LogP contribution in [0, 0.1) is 12.3 Å². The van der Waals surface area contributed by atoms with Gasteiger partial charge in [0.25, 0.3) is 5.91 Å². The molecule has 0 saturated carbocycles. The lowest BCUT2D eigenvalue weighted by Crippen LogP contribution is -2.27. The molecule has 1 amide bonds. The second-order valence-electron chi connectivity index (χ2n) is 7.29. The lowest BCUT2D eigenvalue weighted by molar-refractivity contribution is 0.0998. The van der Waals surface area contributed by atoms with E-state index in [1.54, 1.807) is 4.57 Å². The highest BCUT2D eigenvalue weighted by molar-refractivity contribution is 7.89. The van der Waals surface area contributed by atoms with Crippen molar-refractivity contribution in [1.29, 1.82) is 0 Å². The molecule has 2 heterocycles. The Kier molecular flexibility index (Phi) is 6.46.